The van der Waals surface area contributed by atoms with Crippen molar-refractivity contribution in [2.45, 2.75) is 0 Å². The Hall–Kier alpha value is -2.20. The first kappa shape index (κ1) is 15.2. The highest BCUT2D eigenvalue weighted by Crippen LogP contribution is 2.27. The van der Waals surface area contributed by atoms with Gasteiger partial charge in [-0.1, -0.05) is 23.7 Å². The molecule has 2 rings (SSSR count). The maximum absolute atomic E-state index is 10.8. The fourth-order valence-electron chi connectivity index (χ4n) is 1.74. The van der Waals surface area contributed by atoms with E-state index < -0.39 is 0 Å². The third kappa shape index (κ3) is 4.13. The summed E-state index contributed by atoms with van der Waals surface area (Å²) in [6.07, 6.45) is 0.756. The number of carbonyl (C=O) groups is 1. The molecule has 4 nitrogen and oxygen atoms in total. The summed E-state index contributed by atoms with van der Waals surface area (Å²) in [6.45, 7) is 0.641. The second-order valence-electron chi connectivity index (χ2n) is 4.16. The lowest BCUT2D eigenvalue weighted by molar-refractivity contribution is 0.112. The Balaban J connectivity index is 1.91. The van der Waals surface area contributed by atoms with Crippen molar-refractivity contribution in [2.24, 2.45) is 0 Å². The fourth-order valence-corrected chi connectivity index (χ4v) is 1.93. The van der Waals surface area contributed by atoms with Crippen molar-refractivity contribution in [1.82, 2.24) is 0 Å². The highest BCUT2D eigenvalue weighted by Gasteiger charge is 2.06. The molecule has 0 radical (unpaired) electrons. The SMILES string of the molecule is COc1ccc(C=O)cc1OCCOc1ccccc1Cl. The molecule has 5 heteroatoms. The summed E-state index contributed by atoms with van der Waals surface area (Å²) in [6, 6.07) is 12.2. The average molecular weight is 307 g/mol. The van der Waals surface area contributed by atoms with Crippen LogP contribution in [0.5, 0.6) is 17.2 Å². The van der Waals surface area contributed by atoms with E-state index in [0.717, 1.165) is 6.29 Å². The first-order valence-electron chi connectivity index (χ1n) is 6.38. The molecule has 0 saturated heterocycles. The molecule has 0 spiro atoms. The predicted molar refractivity (Wildman–Crippen MR) is 80.8 cm³/mol. The van der Waals surface area contributed by atoms with Crippen LogP contribution in [0, 0.1) is 0 Å². The molecule has 2 aromatic carbocycles. The maximum Gasteiger partial charge on any atom is 0.162 e. The molecule has 0 aliphatic rings. The standard InChI is InChI=1S/C16H15ClO4/c1-19-15-7-6-12(11-18)10-16(15)21-9-8-20-14-5-3-2-4-13(14)17/h2-7,10-11H,8-9H2,1H3. The van der Waals surface area contributed by atoms with Crippen LogP contribution in [0.3, 0.4) is 0 Å². The summed E-state index contributed by atoms with van der Waals surface area (Å²) in [5.41, 5.74) is 0.526. The number of para-hydroxylation sites is 1. The van der Waals surface area contributed by atoms with Crippen molar-refractivity contribution in [3.05, 3.63) is 53.1 Å². The van der Waals surface area contributed by atoms with Gasteiger partial charge in [-0.3, -0.25) is 4.79 Å². The number of ether oxygens (including phenoxy) is 3. The molecule has 0 atom stereocenters. The van der Waals surface area contributed by atoms with Crippen LogP contribution in [0.15, 0.2) is 42.5 Å². The molecule has 0 fully saturated rings. The van der Waals surface area contributed by atoms with E-state index in [2.05, 4.69) is 0 Å². The van der Waals surface area contributed by atoms with Crippen molar-refractivity contribution in [1.29, 1.82) is 0 Å². The van der Waals surface area contributed by atoms with Crippen LogP contribution >= 0.6 is 11.6 Å². The molecule has 110 valence electrons. The topological polar surface area (TPSA) is 44.8 Å². The summed E-state index contributed by atoms with van der Waals surface area (Å²) in [4.78, 5) is 10.8. The van der Waals surface area contributed by atoms with Crippen LogP contribution in [-0.2, 0) is 0 Å². The van der Waals surface area contributed by atoms with Gasteiger partial charge < -0.3 is 14.2 Å². The molecule has 0 unspecified atom stereocenters. The van der Waals surface area contributed by atoms with Gasteiger partial charge in [-0.2, -0.15) is 0 Å². The van der Waals surface area contributed by atoms with Gasteiger partial charge >= 0.3 is 0 Å². The van der Waals surface area contributed by atoms with Crippen LogP contribution < -0.4 is 14.2 Å². The zero-order valence-electron chi connectivity index (χ0n) is 11.5. The number of aldehydes is 1. The van der Waals surface area contributed by atoms with Crippen LogP contribution in [0.25, 0.3) is 0 Å². The number of halogens is 1. The Labute approximate surface area is 128 Å². The molecule has 0 amide bonds. The smallest absolute Gasteiger partial charge is 0.162 e. The Morgan fingerprint density at radius 3 is 2.38 bits per heavy atom. The number of hydrogen-bond acceptors (Lipinski definition) is 4. The van der Waals surface area contributed by atoms with Crippen molar-refractivity contribution < 1.29 is 19.0 Å². The van der Waals surface area contributed by atoms with E-state index in [1.165, 1.54) is 0 Å². The molecule has 0 aromatic heterocycles. The second-order valence-corrected chi connectivity index (χ2v) is 4.56. The first-order chi connectivity index (χ1) is 10.2. The number of methoxy groups -OCH3 is 1. The largest absolute Gasteiger partial charge is 0.493 e. The van der Waals surface area contributed by atoms with E-state index in [-0.39, 0.29) is 0 Å². The molecule has 0 heterocycles. The number of carbonyl (C=O) groups excluding carboxylic acids is 1. The lowest BCUT2D eigenvalue weighted by Crippen LogP contribution is -2.10. The minimum atomic E-state index is 0.309. The van der Waals surface area contributed by atoms with Gasteiger partial charge in [0, 0.05) is 5.56 Å². The van der Waals surface area contributed by atoms with Crippen LogP contribution in [0.4, 0.5) is 0 Å². The molecular weight excluding hydrogens is 292 g/mol. The molecule has 0 aliphatic heterocycles. The van der Waals surface area contributed by atoms with Gasteiger partial charge in [-0.05, 0) is 30.3 Å². The van der Waals surface area contributed by atoms with E-state index in [0.29, 0.717) is 41.0 Å². The molecule has 0 saturated carbocycles. The molecule has 0 N–H and O–H groups in total. The Morgan fingerprint density at radius 1 is 1.00 bits per heavy atom. The zero-order chi connectivity index (χ0) is 15.1. The van der Waals surface area contributed by atoms with Gasteiger partial charge in [0.05, 0.1) is 12.1 Å². The van der Waals surface area contributed by atoms with E-state index >= 15 is 0 Å². The second kappa shape index (κ2) is 7.55. The lowest BCUT2D eigenvalue weighted by atomic mass is 10.2. The summed E-state index contributed by atoms with van der Waals surface area (Å²) < 4.78 is 16.3. The predicted octanol–water partition coefficient (Wildman–Crippen LogP) is 3.62. The van der Waals surface area contributed by atoms with Gasteiger partial charge in [0.25, 0.3) is 0 Å². The minimum Gasteiger partial charge on any atom is -0.493 e. The van der Waals surface area contributed by atoms with Crippen molar-refractivity contribution in [3.63, 3.8) is 0 Å². The minimum absolute atomic E-state index is 0.309. The fraction of sp³-hybridized carbons (Fsp3) is 0.188. The number of hydrogen-bond donors (Lipinski definition) is 0. The van der Waals surface area contributed by atoms with Crippen molar-refractivity contribution in [2.75, 3.05) is 20.3 Å². The summed E-state index contributed by atoms with van der Waals surface area (Å²) in [5.74, 6) is 1.68. The maximum atomic E-state index is 10.8. The molecule has 0 bridgehead atoms. The monoisotopic (exact) mass is 306 g/mol. The highest BCUT2D eigenvalue weighted by molar-refractivity contribution is 6.32. The normalized spacial score (nSPS) is 10.0. The van der Waals surface area contributed by atoms with Crippen LogP contribution in [0.1, 0.15) is 10.4 Å². The number of rotatable bonds is 7. The molecule has 2 aromatic rings. The lowest BCUT2D eigenvalue weighted by Gasteiger charge is -2.12. The molecule has 0 aliphatic carbocycles. The van der Waals surface area contributed by atoms with Gasteiger partial charge in [-0.15, -0.1) is 0 Å². The van der Waals surface area contributed by atoms with Crippen molar-refractivity contribution >= 4 is 17.9 Å². The van der Waals surface area contributed by atoms with Gasteiger partial charge in [-0.25, -0.2) is 0 Å². The molecular formula is C16H15ClO4. The quantitative estimate of drug-likeness (QED) is 0.579. The van der Waals surface area contributed by atoms with Crippen molar-refractivity contribution in [3.8, 4) is 17.2 Å². The zero-order valence-corrected chi connectivity index (χ0v) is 12.3. The van der Waals surface area contributed by atoms with E-state index in [9.17, 15) is 4.79 Å². The van der Waals surface area contributed by atoms with Gasteiger partial charge in [0.2, 0.25) is 0 Å². The summed E-state index contributed by atoms with van der Waals surface area (Å²) in [7, 11) is 1.54. The summed E-state index contributed by atoms with van der Waals surface area (Å²) in [5, 5.41) is 0.554. The van der Waals surface area contributed by atoms with E-state index in [1.807, 2.05) is 12.1 Å². The van der Waals surface area contributed by atoms with E-state index in [1.54, 1.807) is 37.4 Å². The number of benzene rings is 2. The molecule has 21 heavy (non-hydrogen) atoms. The van der Waals surface area contributed by atoms with Crippen LogP contribution in [0.2, 0.25) is 5.02 Å². The Morgan fingerprint density at radius 2 is 1.71 bits per heavy atom. The third-order valence-electron chi connectivity index (χ3n) is 2.76. The van der Waals surface area contributed by atoms with Crippen LogP contribution in [-0.4, -0.2) is 26.6 Å². The van der Waals surface area contributed by atoms with Gasteiger partial charge in [0.1, 0.15) is 25.2 Å². The Kier molecular flexibility index (Phi) is 5.46. The Bertz CT molecular complexity index is 613. The van der Waals surface area contributed by atoms with Gasteiger partial charge in [0.15, 0.2) is 11.5 Å². The highest BCUT2D eigenvalue weighted by atomic mass is 35.5. The van der Waals surface area contributed by atoms with E-state index in [4.69, 9.17) is 25.8 Å². The first-order valence-corrected chi connectivity index (χ1v) is 6.75. The average Bonchev–Trinajstić information content (AvgIpc) is 2.52. The summed E-state index contributed by atoms with van der Waals surface area (Å²) >= 11 is 5.98. The third-order valence-corrected chi connectivity index (χ3v) is 3.07.